The second-order valence-electron chi connectivity index (χ2n) is 5.02. The zero-order valence-corrected chi connectivity index (χ0v) is 12.9. The first-order valence-electron chi connectivity index (χ1n) is 6.68. The van der Waals surface area contributed by atoms with E-state index in [1.54, 1.807) is 24.0 Å². The van der Waals surface area contributed by atoms with Crippen LogP contribution in [0.2, 0.25) is 5.02 Å². The van der Waals surface area contributed by atoms with Crippen molar-refractivity contribution < 1.29 is 9.53 Å². The Labute approximate surface area is 128 Å². The Morgan fingerprint density at radius 2 is 2.19 bits per heavy atom. The number of esters is 1. The SMILES string of the molecule is CC(C)c1ncc(Cl)c(C(=O)O[C@H](C)Cn2cccn2)n1. The number of nitrogens with zero attached hydrogens (tertiary/aromatic N) is 4. The second-order valence-corrected chi connectivity index (χ2v) is 5.43. The molecule has 2 aromatic heterocycles. The summed E-state index contributed by atoms with van der Waals surface area (Å²) in [7, 11) is 0. The molecule has 0 saturated carbocycles. The van der Waals surface area contributed by atoms with Crippen molar-refractivity contribution in [3.8, 4) is 0 Å². The van der Waals surface area contributed by atoms with E-state index >= 15 is 0 Å². The maximum Gasteiger partial charge on any atom is 0.358 e. The highest BCUT2D eigenvalue weighted by atomic mass is 35.5. The van der Waals surface area contributed by atoms with Crippen molar-refractivity contribution in [2.75, 3.05) is 0 Å². The van der Waals surface area contributed by atoms with Crippen LogP contribution < -0.4 is 0 Å². The summed E-state index contributed by atoms with van der Waals surface area (Å²) in [5.74, 6) is 0.116. The van der Waals surface area contributed by atoms with Crippen LogP contribution >= 0.6 is 11.6 Å². The van der Waals surface area contributed by atoms with Crippen molar-refractivity contribution in [1.29, 1.82) is 0 Å². The van der Waals surface area contributed by atoms with E-state index in [1.165, 1.54) is 6.20 Å². The van der Waals surface area contributed by atoms with Gasteiger partial charge in [-0.1, -0.05) is 25.4 Å². The fourth-order valence-corrected chi connectivity index (χ4v) is 1.92. The topological polar surface area (TPSA) is 69.9 Å². The smallest absolute Gasteiger partial charge is 0.358 e. The maximum absolute atomic E-state index is 12.2. The molecule has 0 aliphatic heterocycles. The lowest BCUT2D eigenvalue weighted by molar-refractivity contribution is 0.0291. The van der Waals surface area contributed by atoms with Crippen molar-refractivity contribution in [3.63, 3.8) is 0 Å². The van der Waals surface area contributed by atoms with Crippen molar-refractivity contribution >= 4 is 17.6 Å². The first-order valence-corrected chi connectivity index (χ1v) is 7.06. The first kappa shape index (κ1) is 15.4. The molecule has 0 fully saturated rings. The molecule has 0 unspecified atom stereocenters. The molecule has 0 radical (unpaired) electrons. The van der Waals surface area contributed by atoms with Gasteiger partial charge in [0.05, 0.1) is 17.8 Å². The average Bonchev–Trinajstić information content (AvgIpc) is 2.91. The van der Waals surface area contributed by atoms with Crippen LogP contribution in [-0.2, 0) is 11.3 Å². The van der Waals surface area contributed by atoms with Gasteiger partial charge in [-0.2, -0.15) is 5.10 Å². The zero-order chi connectivity index (χ0) is 15.4. The first-order chi connectivity index (χ1) is 9.97. The molecule has 0 aliphatic carbocycles. The molecule has 2 aromatic rings. The van der Waals surface area contributed by atoms with E-state index in [-0.39, 0.29) is 22.7 Å². The lowest BCUT2D eigenvalue weighted by atomic mass is 10.2. The van der Waals surface area contributed by atoms with Gasteiger partial charge in [0.2, 0.25) is 0 Å². The molecular weight excluding hydrogens is 292 g/mol. The largest absolute Gasteiger partial charge is 0.456 e. The molecular formula is C14H17ClN4O2. The van der Waals surface area contributed by atoms with Gasteiger partial charge in [-0.25, -0.2) is 14.8 Å². The highest BCUT2D eigenvalue weighted by Crippen LogP contribution is 2.17. The van der Waals surface area contributed by atoms with E-state index in [2.05, 4.69) is 15.1 Å². The van der Waals surface area contributed by atoms with Gasteiger partial charge in [0.15, 0.2) is 5.69 Å². The molecule has 0 N–H and O–H groups in total. The van der Waals surface area contributed by atoms with E-state index < -0.39 is 5.97 Å². The number of carbonyl (C=O) groups excluding carboxylic acids is 1. The van der Waals surface area contributed by atoms with Crippen LogP contribution in [0.1, 0.15) is 43.0 Å². The third-order valence-corrected chi connectivity index (χ3v) is 3.06. The summed E-state index contributed by atoms with van der Waals surface area (Å²) in [5.41, 5.74) is 0.0997. The lowest BCUT2D eigenvalue weighted by Crippen LogP contribution is -2.22. The standard InChI is InChI=1S/C14H17ClN4O2/c1-9(2)13-16-7-11(15)12(18-13)14(20)21-10(3)8-19-6-4-5-17-19/h4-7,9-10H,8H2,1-3H3/t10-/m1/s1. The second kappa shape index (κ2) is 6.67. The van der Waals surface area contributed by atoms with Crippen LogP contribution in [-0.4, -0.2) is 31.8 Å². The molecule has 112 valence electrons. The molecule has 0 aromatic carbocycles. The van der Waals surface area contributed by atoms with Gasteiger partial charge in [0.1, 0.15) is 11.9 Å². The summed E-state index contributed by atoms with van der Waals surface area (Å²) in [5, 5.41) is 4.26. The Hall–Kier alpha value is -1.95. The number of ether oxygens (including phenoxy) is 1. The van der Waals surface area contributed by atoms with Crippen LogP contribution in [0.4, 0.5) is 0 Å². The number of hydrogen-bond donors (Lipinski definition) is 0. The number of carbonyl (C=O) groups is 1. The number of aromatic nitrogens is 4. The molecule has 2 heterocycles. The van der Waals surface area contributed by atoms with Crippen molar-refractivity contribution in [1.82, 2.24) is 19.7 Å². The Kier molecular flexibility index (Phi) is 4.90. The Morgan fingerprint density at radius 1 is 1.43 bits per heavy atom. The van der Waals surface area contributed by atoms with E-state index in [4.69, 9.17) is 16.3 Å². The van der Waals surface area contributed by atoms with Crippen LogP contribution in [0.3, 0.4) is 0 Å². The summed E-state index contributed by atoms with van der Waals surface area (Å²) in [6, 6.07) is 1.81. The zero-order valence-electron chi connectivity index (χ0n) is 12.2. The van der Waals surface area contributed by atoms with E-state index in [0.717, 1.165) is 0 Å². The highest BCUT2D eigenvalue weighted by Gasteiger charge is 2.19. The van der Waals surface area contributed by atoms with Gasteiger partial charge in [-0.15, -0.1) is 0 Å². The van der Waals surface area contributed by atoms with Gasteiger partial charge < -0.3 is 4.74 Å². The van der Waals surface area contributed by atoms with Gasteiger partial charge in [-0.05, 0) is 13.0 Å². The minimum absolute atomic E-state index is 0.0997. The van der Waals surface area contributed by atoms with Gasteiger partial charge in [0, 0.05) is 18.3 Å². The molecule has 2 rings (SSSR count). The van der Waals surface area contributed by atoms with Crippen LogP contribution in [0.25, 0.3) is 0 Å². The molecule has 0 spiro atoms. The highest BCUT2D eigenvalue weighted by molar-refractivity contribution is 6.33. The number of halogens is 1. The molecule has 0 aliphatic rings. The summed E-state index contributed by atoms with van der Waals surface area (Å²) in [4.78, 5) is 20.4. The predicted octanol–water partition coefficient (Wildman–Crippen LogP) is 2.70. The number of hydrogen-bond acceptors (Lipinski definition) is 5. The van der Waals surface area contributed by atoms with Crippen molar-refractivity contribution in [3.05, 3.63) is 41.2 Å². The van der Waals surface area contributed by atoms with Crippen LogP contribution in [0, 0.1) is 0 Å². The summed E-state index contributed by atoms with van der Waals surface area (Å²) in [6.07, 6.45) is 4.56. The molecule has 0 amide bonds. The van der Waals surface area contributed by atoms with E-state index in [0.29, 0.717) is 12.4 Å². The Morgan fingerprint density at radius 3 is 2.81 bits per heavy atom. The average molecular weight is 309 g/mol. The van der Waals surface area contributed by atoms with Gasteiger partial charge in [0.25, 0.3) is 0 Å². The quantitative estimate of drug-likeness (QED) is 0.794. The molecule has 0 saturated heterocycles. The van der Waals surface area contributed by atoms with E-state index in [9.17, 15) is 4.79 Å². The molecule has 6 nitrogen and oxygen atoms in total. The summed E-state index contributed by atoms with van der Waals surface area (Å²) < 4.78 is 7.04. The fraction of sp³-hybridized carbons (Fsp3) is 0.429. The van der Waals surface area contributed by atoms with Crippen molar-refractivity contribution in [2.24, 2.45) is 0 Å². The van der Waals surface area contributed by atoms with Crippen LogP contribution in [0.5, 0.6) is 0 Å². The minimum atomic E-state index is -0.552. The van der Waals surface area contributed by atoms with Gasteiger partial charge >= 0.3 is 5.97 Å². The molecule has 1 atom stereocenters. The summed E-state index contributed by atoms with van der Waals surface area (Å²) >= 11 is 5.98. The molecule has 21 heavy (non-hydrogen) atoms. The monoisotopic (exact) mass is 308 g/mol. The Balaban J connectivity index is 2.07. The minimum Gasteiger partial charge on any atom is -0.456 e. The van der Waals surface area contributed by atoms with Crippen LogP contribution in [0.15, 0.2) is 24.7 Å². The fourth-order valence-electron chi connectivity index (χ4n) is 1.75. The third kappa shape index (κ3) is 4.01. The lowest BCUT2D eigenvalue weighted by Gasteiger charge is -2.14. The molecule has 7 heteroatoms. The predicted molar refractivity (Wildman–Crippen MR) is 78.2 cm³/mol. The maximum atomic E-state index is 12.2. The van der Waals surface area contributed by atoms with Crippen molar-refractivity contribution in [2.45, 2.75) is 39.3 Å². The number of rotatable bonds is 5. The van der Waals surface area contributed by atoms with Gasteiger partial charge in [-0.3, -0.25) is 4.68 Å². The molecule has 0 bridgehead atoms. The summed E-state index contributed by atoms with van der Waals surface area (Å²) in [6.45, 7) is 6.15. The van der Waals surface area contributed by atoms with E-state index in [1.807, 2.05) is 19.9 Å². The Bertz CT molecular complexity index is 613. The normalized spacial score (nSPS) is 12.4. The third-order valence-electron chi connectivity index (χ3n) is 2.78.